The Hall–Kier alpha value is -2.25. The molecule has 0 radical (unpaired) electrons. The first-order valence-corrected chi connectivity index (χ1v) is 9.61. The van der Waals surface area contributed by atoms with E-state index in [-0.39, 0.29) is 11.8 Å². The van der Waals surface area contributed by atoms with Crippen molar-refractivity contribution in [1.82, 2.24) is 0 Å². The summed E-state index contributed by atoms with van der Waals surface area (Å²) in [5.74, 6) is 0.214. The van der Waals surface area contributed by atoms with Crippen molar-refractivity contribution in [2.24, 2.45) is 22.4 Å². The summed E-state index contributed by atoms with van der Waals surface area (Å²) in [6.45, 7) is 4.31. The Morgan fingerprint density at radius 1 is 1.31 bits per heavy atom. The third-order valence-electron chi connectivity index (χ3n) is 4.96. The second-order valence-corrected chi connectivity index (χ2v) is 6.99. The fourth-order valence-corrected chi connectivity index (χ4v) is 3.77. The molecule has 26 heavy (non-hydrogen) atoms. The number of rotatable bonds is 7. The van der Waals surface area contributed by atoms with E-state index in [4.69, 9.17) is 23.1 Å². The van der Waals surface area contributed by atoms with E-state index < -0.39 is 0 Å². The molecule has 1 heterocycles. The minimum Gasteiger partial charge on any atom is -0.404 e. The fourth-order valence-electron chi connectivity index (χ4n) is 3.53. The molecule has 1 aliphatic rings. The van der Waals surface area contributed by atoms with Gasteiger partial charge in [0.25, 0.3) is 0 Å². The molecule has 1 aliphatic heterocycles. The summed E-state index contributed by atoms with van der Waals surface area (Å²) in [6, 6.07) is 9.90. The number of unbranched alkanes of at least 4 members (excludes halogenated alkanes) is 2. The van der Waals surface area contributed by atoms with Crippen molar-refractivity contribution in [1.29, 1.82) is 5.26 Å². The van der Waals surface area contributed by atoms with Gasteiger partial charge in [0.05, 0.1) is 23.3 Å². The highest BCUT2D eigenvalue weighted by Crippen LogP contribution is 2.42. The van der Waals surface area contributed by atoms with Crippen LogP contribution in [0.3, 0.4) is 0 Å². The monoisotopic (exact) mass is 370 g/mol. The molecule has 1 aromatic rings. The number of halogens is 1. The second-order valence-electron chi connectivity index (χ2n) is 6.59. The van der Waals surface area contributed by atoms with Crippen molar-refractivity contribution in [3.8, 4) is 6.07 Å². The SMILES string of the molecule is CCCCCC(CC)C1=C(C#N)C(c2ccccc2Cl)/C(=C/N)C(N)=N1. The van der Waals surface area contributed by atoms with E-state index in [2.05, 4.69) is 24.9 Å². The minimum absolute atomic E-state index is 0.207. The number of allylic oxidation sites excluding steroid dienone is 2. The lowest BCUT2D eigenvalue weighted by atomic mass is 9.78. The van der Waals surface area contributed by atoms with Crippen LogP contribution in [0.15, 0.2) is 52.3 Å². The molecule has 1 aromatic carbocycles. The standard InChI is InChI=1S/C21H27ClN4/c1-3-5-6-9-14(4-2)20-16(12-23)19(17(13-24)21(25)26-20)15-10-7-8-11-18(15)22/h7-8,10-11,13-14,19H,3-6,9,24H2,1-2H3,(H2,25,26)/b17-13-. The highest BCUT2D eigenvalue weighted by Gasteiger charge is 2.33. The first-order valence-electron chi connectivity index (χ1n) is 9.23. The summed E-state index contributed by atoms with van der Waals surface area (Å²) >= 11 is 6.43. The molecule has 4 nitrogen and oxygen atoms in total. The molecule has 138 valence electrons. The molecule has 2 rings (SSSR count). The average molecular weight is 371 g/mol. The number of hydrogen-bond acceptors (Lipinski definition) is 4. The lowest BCUT2D eigenvalue weighted by molar-refractivity contribution is 0.495. The number of hydrogen-bond donors (Lipinski definition) is 2. The van der Waals surface area contributed by atoms with Crippen molar-refractivity contribution >= 4 is 17.4 Å². The Bertz CT molecular complexity index is 770. The van der Waals surface area contributed by atoms with Gasteiger partial charge in [-0.05, 0) is 24.5 Å². The number of nitriles is 1. The van der Waals surface area contributed by atoms with Gasteiger partial charge in [0, 0.05) is 22.7 Å². The molecule has 0 fully saturated rings. The van der Waals surface area contributed by atoms with Gasteiger partial charge in [0.15, 0.2) is 0 Å². The van der Waals surface area contributed by atoms with Gasteiger partial charge in [0.2, 0.25) is 0 Å². The molecule has 0 saturated carbocycles. The molecule has 5 heteroatoms. The first-order chi connectivity index (χ1) is 12.6. The van der Waals surface area contributed by atoms with E-state index in [0.717, 1.165) is 36.9 Å². The zero-order valence-electron chi connectivity index (χ0n) is 15.5. The van der Waals surface area contributed by atoms with Gasteiger partial charge >= 0.3 is 0 Å². The fraction of sp³-hybridized carbons (Fsp3) is 0.429. The summed E-state index contributed by atoms with van der Waals surface area (Å²) in [4.78, 5) is 4.60. The third kappa shape index (κ3) is 4.11. The van der Waals surface area contributed by atoms with Crippen LogP contribution in [0, 0.1) is 17.2 Å². The van der Waals surface area contributed by atoms with Crippen LogP contribution in [0.25, 0.3) is 0 Å². The predicted molar refractivity (Wildman–Crippen MR) is 109 cm³/mol. The van der Waals surface area contributed by atoms with Crippen molar-refractivity contribution in [2.75, 3.05) is 0 Å². The predicted octanol–water partition coefficient (Wildman–Crippen LogP) is 5.02. The summed E-state index contributed by atoms with van der Waals surface area (Å²) in [5.41, 5.74) is 14.9. The van der Waals surface area contributed by atoms with Gasteiger partial charge < -0.3 is 11.5 Å². The van der Waals surface area contributed by atoms with Gasteiger partial charge in [-0.1, -0.05) is 62.9 Å². The molecule has 0 amide bonds. The highest BCUT2D eigenvalue weighted by molar-refractivity contribution is 6.31. The maximum Gasteiger partial charge on any atom is 0.129 e. The van der Waals surface area contributed by atoms with Crippen LogP contribution in [-0.2, 0) is 0 Å². The van der Waals surface area contributed by atoms with E-state index >= 15 is 0 Å². The summed E-state index contributed by atoms with van der Waals surface area (Å²) in [7, 11) is 0. The van der Waals surface area contributed by atoms with E-state index in [1.807, 2.05) is 24.3 Å². The van der Waals surface area contributed by atoms with Crippen LogP contribution in [0.5, 0.6) is 0 Å². The Morgan fingerprint density at radius 2 is 2.04 bits per heavy atom. The summed E-state index contributed by atoms with van der Waals surface area (Å²) < 4.78 is 0. The zero-order chi connectivity index (χ0) is 19.1. The van der Waals surface area contributed by atoms with Crippen molar-refractivity contribution < 1.29 is 0 Å². The highest BCUT2D eigenvalue weighted by atomic mass is 35.5. The topological polar surface area (TPSA) is 88.2 Å². The lowest BCUT2D eigenvalue weighted by Gasteiger charge is -2.29. The van der Waals surface area contributed by atoms with Crippen LogP contribution in [0.2, 0.25) is 5.02 Å². The molecular formula is C21H27ClN4. The van der Waals surface area contributed by atoms with E-state index in [1.54, 1.807) is 0 Å². The van der Waals surface area contributed by atoms with Gasteiger partial charge in [-0.2, -0.15) is 5.26 Å². The molecule has 4 N–H and O–H groups in total. The van der Waals surface area contributed by atoms with Gasteiger partial charge in [-0.15, -0.1) is 0 Å². The van der Waals surface area contributed by atoms with Crippen LogP contribution in [-0.4, -0.2) is 5.84 Å². The Kier molecular flexibility index (Phi) is 7.29. The number of aliphatic imine (C=N–C) groups is 1. The van der Waals surface area contributed by atoms with Crippen molar-refractivity contribution in [2.45, 2.75) is 51.9 Å². The largest absolute Gasteiger partial charge is 0.404 e. The Morgan fingerprint density at radius 3 is 2.62 bits per heavy atom. The van der Waals surface area contributed by atoms with Crippen LogP contribution < -0.4 is 11.5 Å². The summed E-state index contributed by atoms with van der Waals surface area (Å²) in [5, 5.41) is 10.6. The lowest BCUT2D eigenvalue weighted by Crippen LogP contribution is -2.28. The molecule has 0 aromatic heterocycles. The minimum atomic E-state index is -0.369. The van der Waals surface area contributed by atoms with Gasteiger partial charge in [0.1, 0.15) is 5.84 Å². The van der Waals surface area contributed by atoms with E-state index in [9.17, 15) is 5.26 Å². The third-order valence-corrected chi connectivity index (χ3v) is 5.31. The molecule has 0 aliphatic carbocycles. The zero-order valence-corrected chi connectivity index (χ0v) is 16.3. The maximum absolute atomic E-state index is 9.97. The van der Waals surface area contributed by atoms with Crippen molar-refractivity contribution in [3.05, 3.63) is 57.9 Å². The molecule has 0 bridgehead atoms. The number of nitrogens with two attached hydrogens (primary N) is 2. The smallest absolute Gasteiger partial charge is 0.129 e. The van der Waals surface area contributed by atoms with E-state index in [1.165, 1.54) is 12.6 Å². The van der Waals surface area contributed by atoms with Gasteiger partial charge in [-0.3, -0.25) is 0 Å². The molecule has 0 spiro atoms. The van der Waals surface area contributed by atoms with Crippen LogP contribution >= 0.6 is 11.6 Å². The average Bonchev–Trinajstić information content (AvgIpc) is 2.65. The van der Waals surface area contributed by atoms with Crippen molar-refractivity contribution in [3.63, 3.8) is 0 Å². The van der Waals surface area contributed by atoms with Gasteiger partial charge in [-0.25, -0.2) is 4.99 Å². The summed E-state index contributed by atoms with van der Waals surface area (Å²) in [6.07, 6.45) is 6.81. The maximum atomic E-state index is 9.97. The second kappa shape index (κ2) is 9.45. The molecule has 2 unspecified atom stereocenters. The number of amidine groups is 1. The molecule has 0 saturated heterocycles. The van der Waals surface area contributed by atoms with Crippen LogP contribution in [0.4, 0.5) is 0 Å². The quantitative estimate of drug-likeness (QED) is 0.660. The number of benzene rings is 1. The van der Waals surface area contributed by atoms with E-state index in [0.29, 0.717) is 22.0 Å². The Labute approximate surface area is 161 Å². The Balaban J connectivity index is 2.58. The first kappa shape index (κ1) is 20.1. The molecular weight excluding hydrogens is 344 g/mol. The van der Waals surface area contributed by atoms with Crippen LogP contribution in [0.1, 0.15) is 57.4 Å². The number of nitrogens with zero attached hydrogens (tertiary/aromatic N) is 2. The normalized spacial score (nSPS) is 20.0. The molecule has 2 atom stereocenters.